The molecule has 2 aromatic rings. The first-order chi connectivity index (χ1) is 8.52. The molecule has 1 unspecified atom stereocenters. The summed E-state index contributed by atoms with van der Waals surface area (Å²) in [6.07, 6.45) is 0.819. The lowest BCUT2D eigenvalue weighted by molar-refractivity contribution is 0.366. The van der Waals surface area contributed by atoms with E-state index in [9.17, 15) is 8.78 Å². The average Bonchev–Trinajstić information content (AvgIpc) is 2.69. The Bertz CT molecular complexity index is 546. The molecular weight excluding hydrogens is 238 g/mol. The molecule has 0 saturated heterocycles. The Labute approximate surface area is 104 Å². The van der Waals surface area contributed by atoms with Gasteiger partial charge in [-0.1, -0.05) is 19.0 Å². The van der Waals surface area contributed by atoms with Crippen LogP contribution in [0.1, 0.15) is 31.9 Å². The zero-order valence-corrected chi connectivity index (χ0v) is 10.2. The van der Waals surface area contributed by atoms with Crippen LogP contribution in [0.3, 0.4) is 0 Å². The lowest BCUT2D eigenvalue weighted by Gasteiger charge is -2.07. The number of nitrogens with zero attached hydrogens (tertiary/aromatic N) is 1. The van der Waals surface area contributed by atoms with Crippen LogP contribution >= 0.6 is 0 Å². The van der Waals surface area contributed by atoms with Gasteiger partial charge in [-0.2, -0.15) is 0 Å². The van der Waals surface area contributed by atoms with Gasteiger partial charge in [0.25, 0.3) is 0 Å². The van der Waals surface area contributed by atoms with Crippen molar-refractivity contribution >= 4 is 5.82 Å². The van der Waals surface area contributed by atoms with Gasteiger partial charge in [0.15, 0.2) is 5.82 Å². The maximum absolute atomic E-state index is 13.2. The fraction of sp³-hybridized carbons (Fsp3) is 0.308. The molecule has 0 radical (unpaired) electrons. The van der Waals surface area contributed by atoms with Crippen LogP contribution in [-0.2, 0) is 0 Å². The molecule has 5 heteroatoms. The van der Waals surface area contributed by atoms with Gasteiger partial charge in [0.2, 0.25) is 0 Å². The van der Waals surface area contributed by atoms with Crippen LogP contribution in [0.15, 0.2) is 22.7 Å². The van der Waals surface area contributed by atoms with Crippen LogP contribution in [0.5, 0.6) is 0 Å². The number of halogens is 2. The Balaban J connectivity index is 2.59. The largest absolute Gasteiger partial charge is 0.380 e. The molecule has 2 N–H and O–H groups in total. The molecule has 1 aromatic heterocycles. The summed E-state index contributed by atoms with van der Waals surface area (Å²) in [4.78, 5) is 0. The van der Waals surface area contributed by atoms with Crippen LogP contribution in [-0.4, -0.2) is 5.16 Å². The molecule has 3 nitrogen and oxygen atoms in total. The normalized spacial score (nSPS) is 12.7. The van der Waals surface area contributed by atoms with Crippen LogP contribution < -0.4 is 5.73 Å². The molecule has 0 amide bonds. The molecular formula is C13H14F2N2O. The van der Waals surface area contributed by atoms with Gasteiger partial charge in [-0.3, -0.25) is 0 Å². The Morgan fingerprint density at radius 2 is 1.89 bits per heavy atom. The number of hydrogen-bond acceptors (Lipinski definition) is 3. The lowest BCUT2D eigenvalue weighted by Crippen LogP contribution is -1.95. The molecule has 96 valence electrons. The highest BCUT2D eigenvalue weighted by atomic mass is 19.1. The molecule has 0 aliphatic rings. The van der Waals surface area contributed by atoms with E-state index < -0.39 is 11.6 Å². The molecule has 0 spiro atoms. The van der Waals surface area contributed by atoms with Crippen molar-refractivity contribution in [1.29, 1.82) is 0 Å². The minimum absolute atomic E-state index is 0.0797. The van der Waals surface area contributed by atoms with Gasteiger partial charge < -0.3 is 10.3 Å². The monoisotopic (exact) mass is 252 g/mol. The van der Waals surface area contributed by atoms with Crippen LogP contribution in [0.4, 0.5) is 14.6 Å². The number of anilines is 1. The summed E-state index contributed by atoms with van der Waals surface area (Å²) < 4.78 is 31.6. The number of aromatic nitrogens is 1. The van der Waals surface area contributed by atoms with E-state index in [1.54, 1.807) is 0 Å². The smallest absolute Gasteiger partial charge is 0.175 e. The van der Waals surface area contributed by atoms with Gasteiger partial charge >= 0.3 is 0 Å². The van der Waals surface area contributed by atoms with Crippen LogP contribution in [0, 0.1) is 11.6 Å². The summed E-state index contributed by atoms with van der Waals surface area (Å²) in [6, 6.07) is 3.26. The first-order valence-corrected chi connectivity index (χ1v) is 5.74. The summed E-state index contributed by atoms with van der Waals surface area (Å²) in [5, 5.41) is 3.68. The minimum atomic E-state index is -0.652. The number of rotatable bonds is 3. The molecule has 1 heterocycles. The van der Waals surface area contributed by atoms with Crippen LogP contribution in [0.25, 0.3) is 11.1 Å². The van der Waals surface area contributed by atoms with Crippen molar-refractivity contribution < 1.29 is 13.3 Å². The molecule has 0 aliphatic heterocycles. The van der Waals surface area contributed by atoms with E-state index in [0.29, 0.717) is 16.9 Å². The predicted octanol–water partition coefficient (Wildman–Crippen LogP) is 3.72. The third-order valence-electron chi connectivity index (χ3n) is 2.96. The SMILES string of the molecule is CCC(C)c1onc(N)c1-c1cc(F)cc(F)c1. The topological polar surface area (TPSA) is 52.0 Å². The van der Waals surface area contributed by atoms with Crippen molar-refractivity contribution in [3.8, 4) is 11.1 Å². The van der Waals surface area contributed by atoms with E-state index in [0.717, 1.165) is 12.5 Å². The van der Waals surface area contributed by atoms with E-state index in [1.165, 1.54) is 12.1 Å². The molecule has 0 aliphatic carbocycles. The number of nitrogens with two attached hydrogens (primary N) is 1. The molecule has 0 fully saturated rings. The zero-order valence-electron chi connectivity index (χ0n) is 10.2. The first-order valence-electron chi connectivity index (χ1n) is 5.74. The average molecular weight is 252 g/mol. The summed E-state index contributed by atoms with van der Waals surface area (Å²) in [6.45, 7) is 3.93. The number of benzene rings is 1. The van der Waals surface area contributed by atoms with Crippen molar-refractivity contribution in [2.24, 2.45) is 0 Å². The third kappa shape index (κ3) is 2.20. The summed E-state index contributed by atoms with van der Waals surface area (Å²) in [5.74, 6) is -0.521. The Hall–Kier alpha value is -1.91. The first kappa shape index (κ1) is 12.5. The minimum Gasteiger partial charge on any atom is -0.380 e. The molecule has 18 heavy (non-hydrogen) atoms. The van der Waals surface area contributed by atoms with Gasteiger partial charge in [0.1, 0.15) is 17.4 Å². The maximum atomic E-state index is 13.2. The van der Waals surface area contributed by atoms with Gasteiger partial charge in [0.05, 0.1) is 5.56 Å². The second-order valence-electron chi connectivity index (χ2n) is 4.27. The van der Waals surface area contributed by atoms with E-state index >= 15 is 0 Å². The predicted molar refractivity (Wildman–Crippen MR) is 65.0 cm³/mol. The number of hydrogen-bond donors (Lipinski definition) is 1. The highest BCUT2D eigenvalue weighted by Crippen LogP contribution is 2.35. The fourth-order valence-corrected chi connectivity index (χ4v) is 1.83. The summed E-state index contributed by atoms with van der Waals surface area (Å²) in [5.41, 5.74) is 6.54. The standard InChI is InChI=1S/C13H14F2N2O/c1-3-7(2)12-11(13(16)17-18-12)8-4-9(14)6-10(15)5-8/h4-7H,3H2,1-2H3,(H2,16,17). The lowest BCUT2D eigenvalue weighted by atomic mass is 9.97. The Morgan fingerprint density at radius 3 is 2.44 bits per heavy atom. The summed E-state index contributed by atoms with van der Waals surface area (Å²) in [7, 11) is 0. The molecule has 0 bridgehead atoms. The van der Waals surface area contributed by atoms with Crippen LogP contribution in [0.2, 0.25) is 0 Å². The van der Waals surface area contributed by atoms with Crippen molar-refractivity contribution in [2.45, 2.75) is 26.2 Å². The Morgan fingerprint density at radius 1 is 1.28 bits per heavy atom. The Kier molecular flexibility index (Phi) is 3.32. The summed E-state index contributed by atoms with van der Waals surface area (Å²) >= 11 is 0. The quantitative estimate of drug-likeness (QED) is 0.905. The second-order valence-corrected chi connectivity index (χ2v) is 4.27. The molecule has 2 rings (SSSR count). The van der Waals surface area contributed by atoms with Crippen molar-refractivity contribution in [3.05, 3.63) is 35.6 Å². The van der Waals surface area contributed by atoms with Crippen molar-refractivity contribution in [1.82, 2.24) is 5.16 Å². The van der Waals surface area contributed by atoms with E-state index in [2.05, 4.69) is 5.16 Å². The van der Waals surface area contributed by atoms with Gasteiger partial charge in [-0.05, 0) is 24.1 Å². The molecule has 0 saturated carbocycles. The molecule has 1 atom stereocenters. The van der Waals surface area contributed by atoms with Gasteiger partial charge in [0, 0.05) is 12.0 Å². The van der Waals surface area contributed by atoms with Crippen molar-refractivity contribution in [3.63, 3.8) is 0 Å². The van der Waals surface area contributed by atoms with Crippen molar-refractivity contribution in [2.75, 3.05) is 5.73 Å². The third-order valence-corrected chi connectivity index (χ3v) is 2.96. The van der Waals surface area contributed by atoms with Gasteiger partial charge in [-0.15, -0.1) is 0 Å². The van der Waals surface area contributed by atoms with E-state index in [-0.39, 0.29) is 11.7 Å². The maximum Gasteiger partial charge on any atom is 0.175 e. The highest BCUT2D eigenvalue weighted by Gasteiger charge is 2.21. The van der Waals surface area contributed by atoms with E-state index in [4.69, 9.17) is 10.3 Å². The van der Waals surface area contributed by atoms with E-state index in [1.807, 2.05) is 13.8 Å². The fourth-order valence-electron chi connectivity index (χ4n) is 1.83. The van der Waals surface area contributed by atoms with Gasteiger partial charge in [-0.25, -0.2) is 8.78 Å². The zero-order chi connectivity index (χ0) is 13.3. The number of nitrogen functional groups attached to an aromatic ring is 1. The molecule has 1 aromatic carbocycles. The second kappa shape index (κ2) is 4.76. The highest BCUT2D eigenvalue weighted by molar-refractivity contribution is 5.76.